The molecule has 0 bridgehead atoms. The van der Waals surface area contributed by atoms with Gasteiger partial charge in [-0.05, 0) is 36.2 Å². The molecule has 6 heteroatoms. The summed E-state index contributed by atoms with van der Waals surface area (Å²) >= 11 is 0. The monoisotopic (exact) mass is 320 g/mol. The minimum absolute atomic E-state index is 0.232. The molecule has 0 aliphatic carbocycles. The number of aromatic amines is 1. The van der Waals surface area contributed by atoms with E-state index in [1.165, 1.54) is 4.57 Å². The highest BCUT2D eigenvalue weighted by atomic mass is 16.5. The van der Waals surface area contributed by atoms with Crippen molar-refractivity contribution >= 4 is 5.69 Å². The Kier molecular flexibility index (Phi) is 4.17. The molecule has 24 heavy (non-hydrogen) atoms. The van der Waals surface area contributed by atoms with E-state index in [2.05, 4.69) is 15.0 Å². The highest BCUT2D eigenvalue weighted by molar-refractivity contribution is 5.50. The summed E-state index contributed by atoms with van der Waals surface area (Å²) in [5.41, 5.74) is 2.28. The van der Waals surface area contributed by atoms with Crippen molar-refractivity contribution in [2.75, 3.05) is 0 Å². The van der Waals surface area contributed by atoms with E-state index in [1.807, 2.05) is 31.2 Å². The maximum atomic E-state index is 11.4. The Labute approximate surface area is 139 Å². The lowest BCUT2D eigenvalue weighted by Gasteiger charge is -2.11. The molecule has 3 rings (SSSR count). The first kappa shape index (κ1) is 15.6. The van der Waals surface area contributed by atoms with Gasteiger partial charge in [-0.3, -0.25) is 4.57 Å². The van der Waals surface area contributed by atoms with E-state index in [1.54, 1.807) is 25.2 Å². The smallest absolute Gasteiger partial charge is 0.343 e. The largest absolute Gasteiger partial charge is 0.458 e. The first-order chi connectivity index (χ1) is 11.6. The van der Waals surface area contributed by atoms with E-state index in [0.29, 0.717) is 23.7 Å². The summed E-state index contributed by atoms with van der Waals surface area (Å²) in [5.74, 6) is 2.00. The Bertz CT molecular complexity index is 979. The Morgan fingerprint density at radius 2 is 2.12 bits per heavy atom. The molecule has 0 fully saturated rings. The van der Waals surface area contributed by atoms with Gasteiger partial charge in [-0.1, -0.05) is 24.3 Å². The van der Waals surface area contributed by atoms with E-state index >= 15 is 0 Å². The molecule has 0 unspecified atom stereocenters. The van der Waals surface area contributed by atoms with Crippen molar-refractivity contribution in [2.24, 2.45) is 7.05 Å². The molecule has 0 saturated carbocycles. The number of rotatable bonds is 4. The number of H-pyrrole nitrogens is 1. The quantitative estimate of drug-likeness (QED) is 0.750. The van der Waals surface area contributed by atoms with Crippen LogP contribution in [0.15, 0.2) is 47.3 Å². The third-order valence-electron chi connectivity index (χ3n) is 3.76. The van der Waals surface area contributed by atoms with Gasteiger partial charge in [-0.2, -0.15) is 5.10 Å². The third kappa shape index (κ3) is 3.20. The van der Waals surface area contributed by atoms with Gasteiger partial charge in [-0.15, -0.1) is 0 Å². The Morgan fingerprint density at radius 1 is 1.29 bits per heavy atom. The minimum atomic E-state index is -0.232. The van der Waals surface area contributed by atoms with Crippen LogP contribution in [-0.2, 0) is 13.5 Å². The van der Waals surface area contributed by atoms with Crippen LogP contribution in [0, 0.1) is 13.5 Å². The van der Waals surface area contributed by atoms with Crippen molar-refractivity contribution in [3.63, 3.8) is 0 Å². The first-order valence-electron chi connectivity index (χ1n) is 7.42. The summed E-state index contributed by atoms with van der Waals surface area (Å²) in [5, 5.41) is 6.45. The van der Waals surface area contributed by atoms with Gasteiger partial charge in [0.2, 0.25) is 0 Å². The predicted octanol–water partition coefficient (Wildman–Crippen LogP) is 3.35. The number of aromatic nitrogens is 3. The average molecular weight is 320 g/mol. The zero-order valence-corrected chi connectivity index (χ0v) is 13.4. The standard InChI is InChI=1S/C18H16N4O2/c1-12-7-8-13(10-17-20-21-18(23)22(17)3)9-16(12)24-15-6-4-5-14(11-15)19-2/h4-9,11H,10H2,1,3H3,(H,21,23). The number of hydrogen-bond acceptors (Lipinski definition) is 3. The zero-order chi connectivity index (χ0) is 17.1. The zero-order valence-electron chi connectivity index (χ0n) is 13.4. The third-order valence-corrected chi connectivity index (χ3v) is 3.76. The number of nitrogens with one attached hydrogen (secondary N) is 1. The van der Waals surface area contributed by atoms with E-state index in [9.17, 15) is 4.79 Å². The molecule has 0 aliphatic rings. The van der Waals surface area contributed by atoms with Crippen LogP contribution in [0.25, 0.3) is 4.85 Å². The fourth-order valence-electron chi connectivity index (χ4n) is 2.33. The van der Waals surface area contributed by atoms with Crippen LogP contribution in [0.4, 0.5) is 5.69 Å². The highest BCUT2D eigenvalue weighted by Gasteiger charge is 2.09. The molecule has 0 atom stereocenters. The molecule has 1 N–H and O–H groups in total. The van der Waals surface area contributed by atoms with Gasteiger partial charge in [0.05, 0.1) is 6.57 Å². The topological polar surface area (TPSA) is 64.3 Å². The van der Waals surface area contributed by atoms with Crippen LogP contribution < -0.4 is 10.4 Å². The lowest BCUT2D eigenvalue weighted by molar-refractivity contribution is 0.478. The van der Waals surface area contributed by atoms with Crippen molar-refractivity contribution in [3.8, 4) is 11.5 Å². The van der Waals surface area contributed by atoms with Gasteiger partial charge in [0.15, 0.2) is 5.69 Å². The second kappa shape index (κ2) is 6.42. The van der Waals surface area contributed by atoms with E-state index in [-0.39, 0.29) is 5.69 Å². The lowest BCUT2D eigenvalue weighted by Crippen LogP contribution is -2.14. The maximum absolute atomic E-state index is 11.4. The summed E-state index contributed by atoms with van der Waals surface area (Å²) in [7, 11) is 1.68. The SMILES string of the molecule is [C-]#[N+]c1cccc(Oc2cc(Cc3n[nH]c(=O)n3C)ccc2C)c1. The predicted molar refractivity (Wildman–Crippen MR) is 90.6 cm³/mol. The molecular weight excluding hydrogens is 304 g/mol. The molecule has 0 radical (unpaired) electrons. The van der Waals surface area contributed by atoms with Crippen molar-refractivity contribution in [3.05, 3.63) is 81.3 Å². The molecule has 0 aliphatic heterocycles. The molecule has 2 aromatic carbocycles. The number of nitrogens with zero attached hydrogens (tertiary/aromatic N) is 3. The van der Waals surface area contributed by atoms with E-state index < -0.39 is 0 Å². The van der Waals surface area contributed by atoms with Crippen LogP contribution in [0.5, 0.6) is 11.5 Å². The lowest BCUT2D eigenvalue weighted by atomic mass is 10.1. The Balaban J connectivity index is 1.87. The summed E-state index contributed by atoms with van der Waals surface area (Å²) in [6, 6.07) is 12.9. The summed E-state index contributed by atoms with van der Waals surface area (Å²) in [4.78, 5) is 14.9. The normalized spacial score (nSPS) is 10.4. The van der Waals surface area contributed by atoms with Crippen molar-refractivity contribution in [2.45, 2.75) is 13.3 Å². The van der Waals surface area contributed by atoms with E-state index in [4.69, 9.17) is 11.3 Å². The van der Waals surface area contributed by atoms with Gasteiger partial charge in [0.1, 0.15) is 17.3 Å². The van der Waals surface area contributed by atoms with Gasteiger partial charge in [0, 0.05) is 13.5 Å². The molecule has 6 nitrogen and oxygen atoms in total. The van der Waals surface area contributed by atoms with E-state index in [0.717, 1.165) is 16.9 Å². The summed E-state index contributed by atoms with van der Waals surface area (Å²) < 4.78 is 7.41. The molecule has 1 heterocycles. The maximum Gasteiger partial charge on any atom is 0.343 e. The fourth-order valence-corrected chi connectivity index (χ4v) is 2.33. The fraction of sp³-hybridized carbons (Fsp3) is 0.167. The second-order valence-corrected chi connectivity index (χ2v) is 5.49. The molecule has 0 saturated heterocycles. The molecule has 1 aromatic heterocycles. The van der Waals surface area contributed by atoms with Crippen molar-refractivity contribution < 1.29 is 4.74 Å². The van der Waals surface area contributed by atoms with Crippen LogP contribution in [-0.4, -0.2) is 14.8 Å². The van der Waals surface area contributed by atoms with Crippen molar-refractivity contribution in [1.82, 2.24) is 14.8 Å². The van der Waals surface area contributed by atoms with Crippen LogP contribution in [0.2, 0.25) is 0 Å². The second-order valence-electron chi connectivity index (χ2n) is 5.49. The number of hydrogen-bond donors (Lipinski definition) is 1. The van der Waals surface area contributed by atoms with Crippen LogP contribution in [0.1, 0.15) is 17.0 Å². The number of aryl methyl sites for hydroxylation is 1. The molecular formula is C18H16N4O2. The molecule has 0 spiro atoms. The van der Waals surface area contributed by atoms with Crippen LogP contribution in [0.3, 0.4) is 0 Å². The highest BCUT2D eigenvalue weighted by Crippen LogP contribution is 2.29. The Hall–Kier alpha value is -3.33. The minimum Gasteiger partial charge on any atom is -0.458 e. The van der Waals surface area contributed by atoms with Gasteiger partial charge in [-0.25, -0.2) is 14.7 Å². The van der Waals surface area contributed by atoms with Gasteiger partial charge < -0.3 is 4.74 Å². The molecule has 3 aromatic rings. The summed E-state index contributed by atoms with van der Waals surface area (Å²) in [6.07, 6.45) is 0.522. The Morgan fingerprint density at radius 3 is 2.83 bits per heavy atom. The molecule has 0 amide bonds. The van der Waals surface area contributed by atoms with Gasteiger partial charge >= 0.3 is 5.69 Å². The molecule has 120 valence electrons. The first-order valence-corrected chi connectivity index (χ1v) is 7.42. The summed E-state index contributed by atoms with van der Waals surface area (Å²) in [6.45, 7) is 9.04. The average Bonchev–Trinajstić information content (AvgIpc) is 2.90. The number of ether oxygens (including phenoxy) is 1. The number of benzene rings is 2. The van der Waals surface area contributed by atoms with Crippen molar-refractivity contribution in [1.29, 1.82) is 0 Å². The van der Waals surface area contributed by atoms with Crippen LogP contribution >= 0.6 is 0 Å². The van der Waals surface area contributed by atoms with Gasteiger partial charge in [0.25, 0.3) is 0 Å².